The summed E-state index contributed by atoms with van der Waals surface area (Å²) < 4.78 is 13.0. The van der Waals surface area contributed by atoms with Crippen molar-refractivity contribution < 1.29 is 14.0 Å². The van der Waals surface area contributed by atoms with E-state index in [-0.39, 0.29) is 49.0 Å². The molecule has 5 nitrogen and oxygen atoms in total. The van der Waals surface area contributed by atoms with E-state index >= 15 is 0 Å². The molecule has 128 valence electrons. The van der Waals surface area contributed by atoms with Crippen molar-refractivity contribution in [3.05, 3.63) is 35.6 Å². The first kappa shape index (κ1) is 19.4. The topological polar surface area (TPSA) is 70.2 Å². The predicted octanol–water partition coefficient (Wildman–Crippen LogP) is 1.02. The SMILES string of the molecule is CC1CCNCC1NC(=O)CNC(=O)Cc1cccc(F)c1.Cl. The van der Waals surface area contributed by atoms with E-state index in [0.717, 1.165) is 19.5 Å². The van der Waals surface area contributed by atoms with Gasteiger partial charge >= 0.3 is 0 Å². The Morgan fingerprint density at radius 3 is 2.83 bits per heavy atom. The molecule has 23 heavy (non-hydrogen) atoms. The minimum Gasteiger partial charge on any atom is -0.350 e. The summed E-state index contributed by atoms with van der Waals surface area (Å²) in [5.41, 5.74) is 0.586. The largest absolute Gasteiger partial charge is 0.350 e. The number of carbonyl (C=O) groups is 2. The van der Waals surface area contributed by atoms with Gasteiger partial charge in [0, 0.05) is 12.6 Å². The minimum atomic E-state index is -0.373. The van der Waals surface area contributed by atoms with Crippen LogP contribution in [-0.4, -0.2) is 37.5 Å². The van der Waals surface area contributed by atoms with Gasteiger partial charge in [-0.2, -0.15) is 0 Å². The lowest BCUT2D eigenvalue weighted by molar-refractivity contribution is -0.126. The van der Waals surface area contributed by atoms with Gasteiger partial charge in [0.05, 0.1) is 13.0 Å². The Hall–Kier alpha value is -1.66. The van der Waals surface area contributed by atoms with Gasteiger partial charge in [-0.3, -0.25) is 9.59 Å². The third-order valence-corrected chi connectivity index (χ3v) is 3.87. The van der Waals surface area contributed by atoms with Crippen molar-refractivity contribution >= 4 is 24.2 Å². The number of carbonyl (C=O) groups excluding carboxylic acids is 2. The van der Waals surface area contributed by atoms with Crippen molar-refractivity contribution in [3.63, 3.8) is 0 Å². The molecule has 2 amide bonds. The number of piperidine rings is 1. The highest BCUT2D eigenvalue weighted by Gasteiger charge is 2.22. The highest BCUT2D eigenvalue weighted by molar-refractivity contribution is 5.86. The minimum absolute atomic E-state index is 0. The summed E-state index contributed by atoms with van der Waals surface area (Å²) in [6, 6.07) is 5.98. The molecule has 1 aliphatic heterocycles. The van der Waals surface area contributed by atoms with Crippen LogP contribution in [0.5, 0.6) is 0 Å². The molecule has 1 heterocycles. The Balaban J connectivity index is 0.00000264. The lowest BCUT2D eigenvalue weighted by atomic mass is 9.95. The molecule has 1 aromatic rings. The number of amides is 2. The maximum atomic E-state index is 13.0. The zero-order chi connectivity index (χ0) is 15.9. The summed E-state index contributed by atoms with van der Waals surface area (Å²) in [6.45, 7) is 3.77. The molecule has 1 fully saturated rings. The maximum absolute atomic E-state index is 13.0. The zero-order valence-corrected chi connectivity index (χ0v) is 13.9. The van der Waals surface area contributed by atoms with Gasteiger partial charge in [0.1, 0.15) is 5.82 Å². The molecule has 2 atom stereocenters. The molecule has 0 bridgehead atoms. The van der Waals surface area contributed by atoms with Gasteiger partial charge in [0.15, 0.2) is 0 Å². The van der Waals surface area contributed by atoms with E-state index in [0.29, 0.717) is 11.5 Å². The van der Waals surface area contributed by atoms with E-state index in [9.17, 15) is 14.0 Å². The molecule has 0 radical (unpaired) electrons. The molecule has 0 saturated carbocycles. The number of rotatable bonds is 5. The second-order valence-corrected chi connectivity index (χ2v) is 5.73. The molecule has 2 unspecified atom stereocenters. The number of hydrogen-bond donors (Lipinski definition) is 3. The number of hydrogen-bond acceptors (Lipinski definition) is 3. The summed E-state index contributed by atoms with van der Waals surface area (Å²) in [5.74, 6) is -0.446. The van der Waals surface area contributed by atoms with Crippen LogP contribution in [0.15, 0.2) is 24.3 Å². The first-order valence-corrected chi connectivity index (χ1v) is 7.56. The van der Waals surface area contributed by atoms with Crippen molar-refractivity contribution in [1.29, 1.82) is 0 Å². The Kier molecular flexibility index (Phi) is 7.98. The Labute approximate surface area is 141 Å². The standard InChI is InChI=1S/C16H22FN3O2.ClH/c1-11-5-6-18-9-14(11)20-16(22)10-19-15(21)8-12-3-2-4-13(17)7-12;/h2-4,7,11,14,18H,5-6,8-10H2,1H3,(H,19,21)(H,20,22);1H. The fourth-order valence-electron chi connectivity index (χ4n) is 2.51. The number of halogens is 2. The van der Waals surface area contributed by atoms with Gasteiger partial charge in [-0.25, -0.2) is 4.39 Å². The van der Waals surface area contributed by atoms with Gasteiger partial charge in [-0.05, 0) is 36.6 Å². The van der Waals surface area contributed by atoms with E-state index in [1.165, 1.54) is 12.1 Å². The van der Waals surface area contributed by atoms with Crippen LogP contribution in [0.4, 0.5) is 4.39 Å². The van der Waals surface area contributed by atoms with Crippen molar-refractivity contribution in [3.8, 4) is 0 Å². The maximum Gasteiger partial charge on any atom is 0.239 e. The quantitative estimate of drug-likeness (QED) is 0.747. The van der Waals surface area contributed by atoms with Crippen molar-refractivity contribution in [1.82, 2.24) is 16.0 Å². The van der Waals surface area contributed by atoms with E-state index < -0.39 is 0 Å². The molecule has 0 aromatic heterocycles. The van der Waals surface area contributed by atoms with Gasteiger partial charge < -0.3 is 16.0 Å². The van der Waals surface area contributed by atoms with E-state index in [2.05, 4.69) is 22.9 Å². The van der Waals surface area contributed by atoms with Crippen LogP contribution in [0.2, 0.25) is 0 Å². The van der Waals surface area contributed by atoms with E-state index in [1.54, 1.807) is 12.1 Å². The second kappa shape index (κ2) is 9.47. The molecular weight excluding hydrogens is 321 g/mol. The first-order valence-electron chi connectivity index (χ1n) is 7.56. The average Bonchev–Trinajstić information content (AvgIpc) is 2.48. The molecule has 1 aliphatic rings. The summed E-state index contributed by atoms with van der Waals surface area (Å²) in [7, 11) is 0. The molecular formula is C16H23ClFN3O2. The van der Waals surface area contributed by atoms with Crippen LogP contribution in [0.25, 0.3) is 0 Å². The molecule has 2 rings (SSSR count). The monoisotopic (exact) mass is 343 g/mol. The molecule has 0 aliphatic carbocycles. The number of benzene rings is 1. The van der Waals surface area contributed by atoms with Crippen molar-refractivity contribution in [2.24, 2.45) is 5.92 Å². The van der Waals surface area contributed by atoms with Crippen LogP contribution in [-0.2, 0) is 16.0 Å². The van der Waals surface area contributed by atoms with Crippen LogP contribution >= 0.6 is 12.4 Å². The molecule has 0 spiro atoms. The predicted molar refractivity (Wildman–Crippen MR) is 88.9 cm³/mol. The van der Waals surface area contributed by atoms with Gasteiger partial charge in [-0.15, -0.1) is 12.4 Å². The van der Waals surface area contributed by atoms with Crippen LogP contribution in [0, 0.1) is 11.7 Å². The van der Waals surface area contributed by atoms with Crippen molar-refractivity contribution in [2.45, 2.75) is 25.8 Å². The highest BCUT2D eigenvalue weighted by atomic mass is 35.5. The van der Waals surface area contributed by atoms with Gasteiger partial charge in [-0.1, -0.05) is 19.1 Å². The van der Waals surface area contributed by atoms with Gasteiger partial charge in [0.2, 0.25) is 11.8 Å². The highest BCUT2D eigenvalue weighted by Crippen LogP contribution is 2.10. The third-order valence-electron chi connectivity index (χ3n) is 3.87. The summed E-state index contributed by atoms with van der Waals surface area (Å²) in [6.07, 6.45) is 1.09. The smallest absolute Gasteiger partial charge is 0.239 e. The van der Waals surface area contributed by atoms with Crippen molar-refractivity contribution in [2.75, 3.05) is 19.6 Å². The summed E-state index contributed by atoms with van der Waals surface area (Å²) in [5, 5.41) is 8.72. The molecule has 1 aromatic carbocycles. The fourth-order valence-corrected chi connectivity index (χ4v) is 2.51. The number of nitrogens with one attached hydrogen (secondary N) is 3. The van der Waals surface area contributed by atoms with E-state index in [4.69, 9.17) is 0 Å². The Morgan fingerprint density at radius 2 is 2.13 bits per heavy atom. The normalized spacial score (nSPS) is 20.3. The lowest BCUT2D eigenvalue weighted by Gasteiger charge is -2.30. The molecule has 1 saturated heterocycles. The Bertz CT molecular complexity index is 542. The van der Waals surface area contributed by atoms with Gasteiger partial charge in [0.25, 0.3) is 0 Å². The summed E-state index contributed by atoms with van der Waals surface area (Å²) >= 11 is 0. The third kappa shape index (κ3) is 6.54. The summed E-state index contributed by atoms with van der Waals surface area (Å²) in [4.78, 5) is 23.6. The van der Waals surface area contributed by atoms with E-state index in [1.807, 2.05) is 0 Å². The molecule has 7 heteroatoms. The first-order chi connectivity index (χ1) is 10.5. The molecule has 3 N–H and O–H groups in total. The average molecular weight is 344 g/mol. The lowest BCUT2D eigenvalue weighted by Crippen LogP contribution is -2.52. The second-order valence-electron chi connectivity index (χ2n) is 5.73. The van der Waals surface area contributed by atoms with Crippen LogP contribution < -0.4 is 16.0 Å². The fraction of sp³-hybridized carbons (Fsp3) is 0.500. The van der Waals surface area contributed by atoms with Crippen LogP contribution in [0.1, 0.15) is 18.9 Å². The Morgan fingerprint density at radius 1 is 1.35 bits per heavy atom. The zero-order valence-electron chi connectivity index (χ0n) is 13.1. The van der Waals surface area contributed by atoms with Crippen LogP contribution in [0.3, 0.4) is 0 Å².